The van der Waals surface area contributed by atoms with Crippen LogP contribution >= 0.6 is 0 Å². The smallest absolute Gasteiger partial charge is 0.347 e. The number of aliphatic hydroxyl groups is 1. The molecular weight excluding hydrogens is 248 g/mol. The maximum absolute atomic E-state index is 11.3. The van der Waals surface area contributed by atoms with E-state index in [4.69, 9.17) is 14.9 Å². The van der Waals surface area contributed by atoms with Gasteiger partial charge < -0.3 is 14.9 Å². The summed E-state index contributed by atoms with van der Waals surface area (Å²) >= 11 is 0. The zero-order chi connectivity index (χ0) is 14.9. The molecule has 2 N–H and O–H groups in total. The van der Waals surface area contributed by atoms with Crippen molar-refractivity contribution in [3.63, 3.8) is 0 Å². The molecule has 0 amide bonds. The monoisotopic (exact) mass is 274 g/mol. The second kappa shape index (κ2) is 8.91. The summed E-state index contributed by atoms with van der Waals surface area (Å²) in [6.07, 6.45) is 5.15. The molecule has 0 aliphatic heterocycles. The number of unbranched alkanes of at least 4 members (excludes halogenated alkanes) is 5. The average Bonchev–Trinajstić information content (AvgIpc) is 2.33. The minimum Gasteiger partial charge on any atom is -0.478 e. The zero-order valence-electron chi connectivity index (χ0n) is 12.1. The first kappa shape index (κ1) is 17.9. The molecule has 5 heteroatoms. The van der Waals surface area contributed by atoms with Gasteiger partial charge in [0.25, 0.3) is 0 Å². The molecule has 112 valence electrons. The molecule has 0 aromatic carbocycles. The number of esters is 1. The van der Waals surface area contributed by atoms with Gasteiger partial charge in [0.2, 0.25) is 5.60 Å². The van der Waals surface area contributed by atoms with Crippen molar-refractivity contribution < 1.29 is 24.5 Å². The molecule has 5 nitrogen and oxygen atoms in total. The molecule has 0 aromatic heterocycles. The highest BCUT2D eigenvalue weighted by atomic mass is 16.6. The van der Waals surface area contributed by atoms with Crippen molar-refractivity contribution >= 4 is 11.9 Å². The Kier molecular flexibility index (Phi) is 8.39. The predicted molar refractivity (Wildman–Crippen MR) is 71.8 cm³/mol. The first-order chi connectivity index (χ1) is 8.83. The normalized spacial score (nSPS) is 15.6. The van der Waals surface area contributed by atoms with Crippen molar-refractivity contribution in [2.24, 2.45) is 0 Å². The lowest BCUT2D eigenvalue weighted by atomic mass is 9.97. The van der Waals surface area contributed by atoms with E-state index in [2.05, 4.69) is 6.92 Å². The lowest BCUT2D eigenvalue weighted by Gasteiger charge is -2.25. The summed E-state index contributed by atoms with van der Waals surface area (Å²) in [7, 11) is 0. The van der Waals surface area contributed by atoms with Gasteiger partial charge in [0, 0.05) is 0 Å². The molecule has 19 heavy (non-hydrogen) atoms. The Morgan fingerprint density at radius 3 is 2.16 bits per heavy atom. The number of carbonyl (C=O) groups is 2. The SMILES string of the molecule is CCCCCCCCC(C)(OC(=O)C(C)O)C(=O)O. The van der Waals surface area contributed by atoms with Gasteiger partial charge in [-0.15, -0.1) is 0 Å². The van der Waals surface area contributed by atoms with Crippen LogP contribution in [0.1, 0.15) is 65.7 Å². The number of aliphatic carboxylic acids is 1. The van der Waals surface area contributed by atoms with Gasteiger partial charge in [-0.1, -0.05) is 39.0 Å². The van der Waals surface area contributed by atoms with Crippen LogP contribution in [0.5, 0.6) is 0 Å². The van der Waals surface area contributed by atoms with Crippen LogP contribution < -0.4 is 0 Å². The van der Waals surface area contributed by atoms with E-state index in [0.29, 0.717) is 6.42 Å². The summed E-state index contributed by atoms with van der Waals surface area (Å²) in [5.41, 5.74) is -1.54. The minimum atomic E-state index is -1.54. The van der Waals surface area contributed by atoms with Crippen LogP contribution in [0.4, 0.5) is 0 Å². The molecular formula is C14H26O5. The van der Waals surface area contributed by atoms with Crippen LogP contribution in [0.25, 0.3) is 0 Å². The van der Waals surface area contributed by atoms with Crippen molar-refractivity contribution in [3.05, 3.63) is 0 Å². The number of carboxylic acids is 1. The molecule has 0 aliphatic rings. The van der Waals surface area contributed by atoms with Crippen molar-refractivity contribution in [2.45, 2.75) is 77.4 Å². The fourth-order valence-corrected chi connectivity index (χ4v) is 1.75. The quantitative estimate of drug-likeness (QED) is 0.472. The molecule has 0 radical (unpaired) electrons. The Hall–Kier alpha value is -1.10. The Morgan fingerprint density at radius 2 is 1.68 bits per heavy atom. The van der Waals surface area contributed by atoms with Crippen molar-refractivity contribution in [3.8, 4) is 0 Å². The second-order valence-corrected chi connectivity index (χ2v) is 5.15. The fraction of sp³-hybridized carbons (Fsp3) is 0.857. The van der Waals surface area contributed by atoms with Gasteiger partial charge in [0.05, 0.1) is 0 Å². The van der Waals surface area contributed by atoms with Gasteiger partial charge >= 0.3 is 11.9 Å². The molecule has 0 spiro atoms. The molecule has 0 bridgehead atoms. The van der Waals surface area contributed by atoms with Crippen molar-refractivity contribution in [1.29, 1.82) is 0 Å². The van der Waals surface area contributed by atoms with Crippen LogP contribution in [0.3, 0.4) is 0 Å². The number of hydrogen-bond donors (Lipinski definition) is 2. The molecule has 0 aromatic rings. The van der Waals surface area contributed by atoms with E-state index >= 15 is 0 Å². The number of carbonyl (C=O) groups excluding carboxylic acids is 1. The molecule has 0 saturated carbocycles. The number of aliphatic hydroxyl groups excluding tert-OH is 1. The molecule has 0 saturated heterocycles. The van der Waals surface area contributed by atoms with Crippen LogP contribution in [0.2, 0.25) is 0 Å². The van der Waals surface area contributed by atoms with Gasteiger partial charge in [-0.05, 0) is 26.7 Å². The third kappa shape index (κ3) is 7.15. The summed E-state index contributed by atoms with van der Waals surface area (Å²) in [5, 5.41) is 18.2. The van der Waals surface area contributed by atoms with Crippen LogP contribution in [-0.2, 0) is 14.3 Å². The third-order valence-electron chi connectivity index (χ3n) is 3.13. The second-order valence-electron chi connectivity index (χ2n) is 5.15. The Bertz CT molecular complexity index is 288. The first-order valence-corrected chi connectivity index (χ1v) is 6.97. The minimum absolute atomic E-state index is 0.271. The van der Waals surface area contributed by atoms with E-state index in [1.54, 1.807) is 0 Å². The summed E-state index contributed by atoms with van der Waals surface area (Å²) in [6.45, 7) is 4.77. The first-order valence-electron chi connectivity index (χ1n) is 6.97. The maximum atomic E-state index is 11.3. The number of rotatable bonds is 10. The Balaban J connectivity index is 4.17. The van der Waals surface area contributed by atoms with Gasteiger partial charge in [-0.3, -0.25) is 0 Å². The van der Waals surface area contributed by atoms with Crippen LogP contribution in [0.15, 0.2) is 0 Å². The Morgan fingerprint density at radius 1 is 1.16 bits per heavy atom. The van der Waals surface area contributed by atoms with E-state index in [1.807, 2.05) is 0 Å². The van der Waals surface area contributed by atoms with Crippen LogP contribution in [-0.4, -0.2) is 33.9 Å². The van der Waals surface area contributed by atoms with E-state index in [0.717, 1.165) is 19.3 Å². The largest absolute Gasteiger partial charge is 0.478 e. The molecule has 0 aliphatic carbocycles. The highest BCUT2D eigenvalue weighted by molar-refractivity contribution is 5.82. The van der Waals surface area contributed by atoms with E-state index in [9.17, 15) is 9.59 Å². The zero-order valence-corrected chi connectivity index (χ0v) is 12.1. The van der Waals surface area contributed by atoms with Crippen LogP contribution in [0, 0.1) is 0 Å². The molecule has 0 rings (SSSR count). The van der Waals surface area contributed by atoms with Gasteiger partial charge in [0.15, 0.2) is 0 Å². The number of hydrogen-bond acceptors (Lipinski definition) is 4. The summed E-state index contributed by atoms with van der Waals surface area (Å²) in [4.78, 5) is 22.5. The predicted octanol–water partition coefficient (Wildman–Crippen LogP) is 2.50. The molecule has 0 heterocycles. The number of ether oxygens (including phenoxy) is 1. The van der Waals surface area contributed by atoms with Gasteiger partial charge in [0.1, 0.15) is 6.10 Å². The van der Waals surface area contributed by atoms with Crippen molar-refractivity contribution in [1.82, 2.24) is 0 Å². The highest BCUT2D eigenvalue weighted by Gasteiger charge is 2.37. The Labute approximate surface area is 115 Å². The third-order valence-corrected chi connectivity index (χ3v) is 3.13. The average molecular weight is 274 g/mol. The standard InChI is InChI=1S/C14H26O5/c1-4-5-6-7-8-9-10-14(3,13(17)18)19-12(16)11(2)15/h11,15H,4-10H2,1-3H3,(H,17,18). The fourth-order valence-electron chi connectivity index (χ4n) is 1.75. The lowest BCUT2D eigenvalue weighted by Crippen LogP contribution is -2.42. The van der Waals surface area contributed by atoms with E-state index in [-0.39, 0.29) is 6.42 Å². The topological polar surface area (TPSA) is 83.8 Å². The molecule has 2 unspecified atom stereocenters. The highest BCUT2D eigenvalue weighted by Crippen LogP contribution is 2.21. The van der Waals surface area contributed by atoms with E-state index in [1.165, 1.54) is 26.7 Å². The van der Waals surface area contributed by atoms with E-state index < -0.39 is 23.6 Å². The lowest BCUT2D eigenvalue weighted by molar-refractivity contribution is -0.182. The van der Waals surface area contributed by atoms with Gasteiger partial charge in [-0.25, -0.2) is 9.59 Å². The summed E-state index contributed by atoms with van der Waals surface area (Å²) < 4.78 is 4.90. The summed E-state index contributed by atoms with van der Waals surface area (Å²) in [5.74, 6) is -2.06. The summed E-state index contributed by atoms with van der Waals surface area (Å²) in [6, 6.07) is 0. The maximum Gasteiger partial charge on any atom is 0.347 e. The van der Waals surface area contributed by atoms with Crippen molar-refractivity contribution in [2.75, 3.05) is 0 Å². The number of carboxylic acid groups (broad SMARTS) is 1. The molecule has 0 fully saturated rings. The molecule has 2 atom stereocenters. The van der Waals surface area contributed by atoms with Gasteiger partial charge in [-0.2, -0.15) is 0 Å².